The van der Waals surface area contributed by atoms with E-state index in [1.165, 1.54) is 5.56 Å². The van der Waals surface area contributed by atoms with Crippen LogP contribution in [0.1, 0.15) is 50.1 Å². The summed E-state index contributed by atoms with van der Waals surface area (Å²) in [6, 6.07) is 0.170. The lowest BCUT2D eigenvalue weighted by atomic mass is 9.76. The van der Waals surface area contributed by atoms with Crippen molar-refractivity contribution in [1.29, 1.82) is 0 Å². The molecular weight excluding hydrogens is 266 g/mol. The Balaban J connectivity index is 1.95. The molecular formula is C16H27N3O2. The van der Waals surface area contributed by atoms with Gasteiger partial charge >= 0.3 is 0 Å². The fourth-order valence-corrected chi connectivity index (χ4v) is 3.30. The second-order valence-corrected chi connectivity index (χ2v) is 6.13. The number of aromatic nitrogens is 2. The summed E-state index contributed by atoms with van der Waals surface area (Å²) in [6.07, 6.45) is 3.28. The highest BCUT2D eigenvalue weighted by Gasteiger charge is 2.33. The number of amides is 1. The Hall–Kier alpha value is -1.36. The number of nitrogens with one attached hydrogen (secondary N) is 1. The van der Waals surface area contributed by atoms with Crippen LogP contribution in [0.4, 0.5) is 0 Å². The van der Waals surface area contributed by atoms with Gasteiger partial charge in [0.25, 0.3) is 0 Å². The summed E-state index contributed by atoms with van der Waals surface area (Å²) in [6.45, 7) is 8.47. The van der Waals surface area contributed by atoms with E-state index in [2.05, 4.69) is 24.3 Å². The van der Waals surface area contributed by atoms with E-state index in [0.29, 0.717) is 5.92 Å². The van der Waals surface area contributed by atoms with Crippen LogP contribution in [0.25, 0.3) is 0 Å². The first-order valence-corrected chi connectivity index (χ1v) is 7.96. The molecule has 1 aliphatic carbocycles. The van der Waals surface area contributed by atoms with Crippen molar-refractivity contribution in [2.45, 2.75) is 72.1 Å². The van der Waals surface area contributed by atoms with Crippen LogP contribution in [0.15, 0.2) is 0 Å². The van der Waals surface area contributed by atoms with Gasteiger partial charge in [0.15, 0.2) is 0 Å². The molecule has 1 aromatic heterocycles. The van der Waals surface area contributed by atoms with Gasteiger partial charge in [-0.1, -0.05) is 13.8 Å². The molecule has 0 spiro atoms. The van der Waals surface area contributed by atoms with E-state index in [-0.39, 0.29) is 24.6 Å². The fourth-order valence-electron chi connectivity index (χ4n) is 3.30. The minimum atomic E-state index is -0.177. The molecule has 1 heterocycles. The third-order valence-corrected chi connectivity index (χ3v) is 4.68. The molecule has 5 nitrogen and oxygen atoms in total. The van der Waals surface area contributed by atoms with Gasteiger partial charge in [0.2, 0.25) is 5.91 Å². The molecule has 0 bridgehead atoms. The standard InChI is InChI=1S/C16H27N3O2/c1-5-14-10(3)18-19(11(14)4)9-16(21)17-15(6-2)12-7-13(20)8-12/h12-13,15,20H,5-9H2,1-4H3,(H,17,21). The predicted octanol–water partition coefficient (Wildman–Crippen LogP) is 1.73. The van der Waals surface area contributed by atoms with Gasteiger partial charge in [-0.05, 0) is 51.0 Å². The van der Waals surface area contributed by atoms with Crippen LogP contribution in [0.5, 0.6) is 0 Å². The molecule has 118 valence electrons. The predicted molar refractivity (Wildman–Crippen MR) is 82.0 cm³/mol. The van der Waals surface area contributed by atoms with Crippen molar-refractivity contribution in [3.05, 3.63) is 17.0 Å². The summed E-state index contributed by atoms with van der Waals surface area (Å²) in [5.74, 6) is 0.428. The highest BCUT2D eigenvalue weighted by Crippen LogP contribution is 2.31. The van der Waals surface area contributed by atoms with Crippen LogP contribution in [0.3, 0.4) is 0 Å². The highest BCUT2D eigenvalue weighted by atomic mass is 16.3. The number of rotatable bonds is 6. The average Bonchev–Trinajstić information content (AvgIpc) is 2.67. The summed E-state index contributed by atoms with van der Waals surface area (Å²) in [4.78, 5) is 12.2. The molecule has 1 saturated carbocycles. The first-order valence-electron chi connectivity index (χ1n) is 7.96. The number of hydrogen-bond acceptors (Lipinski definition) is 3. The maximum absolute atomic E-state index is 12.2. The van der Waals surface area contributed by atoms with Crippen LogP contribution >= 0.6 is 0 Å². The Morgan fingerprint density at radius 2 is 2.10 bits per heavy atom. The molecule has 1 aromatic rings. The lowest BCUT2D eigenvalue weighted by Gasteiger charge is -2.37. The number of hydrogen-bond donors (Lipinski definition) is 2. The average molecular weight is 293 g/mol. The zero-order valence-electron chi connectivity index (χ0n) is 13.5. The molecule has 0 aliphatic heterocycles. The van der Waals surface area contributed by atoms with Crippen LogP contribution in [0, 0.1) is 19.8 Å². The van der Waals surface area contributed by atoms with Crippen molar-refractivity contribution >= 4 is 5.91 Å². The molecule has 1 aliphatic rings. The molecule has 2 N–H and O–H groups in total. The molecule has 1 amide bonds. The van der Waals surface area contributed by atoms with Crippen molar-refractivity contribution < 1.29 is 9.90 Å². The molecule has 1 unspecified atom stereocenters. The van der Waals surface area contributed by atoms with Crippen molar-refractivity contribution in [3.8, 4) is 0 Å². The summed E-state index contributed by atoms with van der Waals surface area (Å²) >= 11 is 0. The Kier molecular flexibility index (Phi) is 5.04. The van der Waals surface area contributed by atoms with Crippen LogP contribution in [0.2, 0.25) is 0 Å². The number of nitrogens with zero attached hydrogens (tertiary/aromatic N) is 2. The minimum absolute atomic E-state index is 0.0106. The van der Waals surface area contributed by atoms with Crippen molar-refractivity contribution in [2.75, 3.05) is 0 Å². The van der Waals surface area contributed by atoms with Crippen LogP contribution < -0.4 is 5.32 Å². The van der Waals surface area contributed by atoms with E-state index >= 15 is 0 Å². The number of aryl methyl sites for hydroxylation is 1. The van der Waals surface area contributed by atoms with Crippen molar-refractivity contribution in [3.63, 3.8) is 0 Å². The highest BCUT2D eigenvalue weighted by molar-refractivity contribution is 5.76. The molecule has 5 heteroatoms. The molecule has 0 aromatic carbocycles. The molecule has 0 radical (unpaired) electrons. The number of aliphatic hydroxyl groups excluding tert-OH is 1. The third kappa shape index (κ3) is 3.46. The van der Waals surface area contributed by atoms with Gasteiger partial charge in [-0.25, -0.2) is 0 Å². The van der Waals surface area contributed by atoms with E-state index in [0.717, 1.165) is 37.1 Å². The summed E-state index contributed by atoms with van der Waals surface area (Å²) < 4.78 is 1.80. The van der Waals surface area contributed by atoms with Gasteiger partial charge < -0.3 is 10.4 Å². The monoisotopic (exact) mass is 293 g/mol. The minimum Gasteiger partial charge on any atom is -0.393 e. The Labute approximate surface area is 126 Å². The Morgan fingerprint density at radius 1 is 1.43 bits per heavy atom. The third-order valence-electron chi connectivity index (χ3n) is 4.68. The quantitative estimate of drug-likeness (QED) is 0.839. The van der Waals surface area contributed by atoms with Crippen LogP contribution in [-0.4, -0.2) is 32.9 Å². The van der Waals surface area contributed by atoms with Crippen molar-refractivity contribution in [2.24, 2.45) is 5.92 Å². The zero-order chi connectivity index (χ0) is 15.6. The van der Waals surface area contributed by atoms with Crippen LogP contribution in [-0.2, 0) is 17.8 Å². The number of carbonyl (C=O) groups excluding carboxylic acids is 1. The largest absolute Gasteiger partial charge is 0.393 e. The van der Waals surface area contributed by atoms with E-state index in [9.17, 15) is 9.90 Å². The zero-order valence-corrected chi connectivity index (χ0v) is 13.5. The van der Waals surface area contributed by atoms with Gasteiger partial charge in [0.05, 0.1) is 11.8 Å². The first kappa shape index (κ1) is 16.0. The van der Waals surface area contributed by atoms with Gasteiger partial charge in [0.1, 0.15) is 6.54 Å². The van der Waals surface area contributed by atoms with Gasteiger partial charge in [-0.2, -0.15) is 5.10 Å². The van der Waals surface area contributed by atoms with Gasteiger partial charge in [-0.3, -0.25) is 9.48 Å². The van der Waals surface area contributed by atoms with E-state index in [4.69, 9.17) is 0 Å². The van der Waals surface area contributed by atoms with Gasteiger partial charge in [0, 0.05) is 11.7 Å². The molecule has 2 rings (SSSR count). The smallest absolute Gasteiger partial charge is 0.241 e. The topological polar surface area (TPSA) is 67.2 Å². The normalized spacial score (nSPS) is 22.7. The summed E-state index contributed by atoms with van der Waals surface area (Å²) in [5, 5.41) is 17.0. The summed E-state index contributed by atoms with van der Waals surface area (Å²) in [5.41, 5.74) is 3.33. The Bertz CT molecular complexity index is 504. The lowest BCUT2D eigenvalue weighted by Crippen LogP contribution is -2.47. The maximum atomic E-state index is 12.2. The van der Waals surface area contributed by atoms with E-state index in [1.54, 1.807) is 4.68 Å². The second kappa shape index (κ2) is 6.60. The number of aliphatic hydroxyl groups is 1. The number of carbonyl (C=O) groups is 1. The molecule has 21 heavy (non-hydrogen) atoms. The SMILES string of the molecule is CCc1c(C)nn(CC(=O)NC(CC)C2CC(O)C2)c1C. The first-order chi connectivity index (χ1) is 9.96. The molecule has 1 atom stereocenters. The Morgan fingerprint density at radius 3 is 2.57 bits per heavy atom. The van der Waals surface area contributed by atoms with Gasteiger partial charge in [-0.15, -0.1) is 0 Å². The lowest BCUT2D eigenvalue weighted by molar-refractivity contribution is -0.123. The molecule has 1 fully saturated rings. The second-order valence-electron chi connectivity index (χ2n) is 6.13. The maximum Gasteiger partial charge on any atom is 0.241 e. The molecule has 0 saturated heterocycles. The van der Waals surface area contributed by atoms with Crippen molar-refractivity contribution in [1.82, 2.24) is 15.1 Å². The van der Waals surface area contributed by atoms with E-state index in [1.807, 2.05) is 13.8 Å². The van der Waals surface area contributed by atoms with E-state index < -0.39 is 0 Å². The fraction of sp³-hybridized carbons (Fsp3) is 0.750. The summed E-state index contributed by atoms with van der Waals surface area (Å²) in [7, 11) is 0.